The standard InChI is InChI=1S/C9H6F6O4S2/c10-8(11,12)20(16)18-7(6-4-2-1-3-5-6)19-21(17)9(13,14)15/h1-5,7H. The summed E-state index contributed by atoms with van der Waals surface area (Å²) in [5.74, 6) is 0. The molecule has 2 unspecified atom stereocenters. The summed E-state index contributed by atoms with van der Waals surface area (Å²) in [4.78, 5) is 0. The van der Waals surface area contributed by atoms with Crippen LogP contribution in [-0.2, 0) is 30.5 Å². The first kappa shape index (κ1) is 18.1. The van der Waals surface area contributed by atoms with Gasteiger partial charge in [-0.15, -0.1) is 0 Å². The zero-order valence-corrected chi connectivity index (χ0v) is 11.3. The molecule has 4 nitrogen and oxygen atoms in total. The van der Waals surface area contributed by atoms with Crippen molar-refractivity contribution in [2.75, 3.05) is 0 Å². The van der Waals surface area contributed by atoms with Gasteiger partial charge in [0.25, 0.3) is 22.2 Å². The average Bonchev–Trinajstić information content (AvgIpc) is 2.36. The second-order valence-electron chi connectivity index (χ2n) is 3.30. The van der Waals surface area contributed by atoms with E-state index in [1.54, 1.807) is 0 Å². The molecule has 0 saturated carbocycles. The first-order valence-electron chi connectivity index (χ1n) is 4.88. The van der Waals surface area contributed by atoms with Gasteiger partial charge in [-0.1, -0.05) is 30.3 Å². The quantitative estimate of drug-likeness (QED) is 0.601. The number of hydrogen-bond donors (Lipinski definition) is 0. The molecule has 21 heavy (non-hydrogen) atoms. The van der Waals surface area contributed by atoms with Crippen LogP contribution in [0.1, 0.15) is 11.9 Å². The molecule has 0 fully saturated rings. The lowest BCUT2D eigenvalue weighted by atomic mass is 10.2. The third-order valence-electron chi connectivity index (χ3n) is 1.80. The second-order valence-corrected chi connectivity index (χ2v) is 5.55. The summed E-state index contributed by atoms with van der Waals surface area (Å²) in [5.41, 5.74) is -11.0. The van der Waals surface area contributed by atoms with Gasteiger partial charge in [0.2, 0.25) is 6.29 Å². The SMILES string of the molecule is O=S(OC(OS(=O)C(F)(F)F)c1ccccc1)C(F)(F)F. The van der Waals surface area contributed by atoms with Gasteiger partial charge >= 0.3 is 11.0 Å². The molecule has 0 N–H and O–H groups in total. The van der Waals surface area contributed by atoms with Crippen LogP contribution in [-0.4, -0.2) is 19.4 Å². The number of rotatable bonds is 5. The number of halogens is 6. The van der Waals surface area contributed by atoms with Gasteiger partial charge in [-0.2, -0.15) is 26.3 Å². The summed E-state index contributed by atoms with van der Waals surface area (Å²) in [7, 11) is 0. The van der Waals surface area contributed by atoms with Crippen LogP contribution in [0.3, 0.4) is 0 Å². The molecule has 0 aliphatic heterocycles. The molecular weight excluding hydrogens is 350 g/mol. The molecule has 0 saturated heterocycles. The lowest BCUT2D eigenvalue weighted by Gasteiger charge is -2.18. The normalized spacial score (nSPS) is 17.2. The predicted molar refractivity (Wildman–Crippen MR) is 59.7 cm³/mol. The van der Waals surface area contributed by atoms with E-state index in [-0.39, 0.29) is 5.56 Å². The predicted octanol–water partition coefficient (Wildman–Crippen LogP) is 3.09. The summed E-state index contributed by atoms with van der Waals surface area (Å²) < 4.78 is 102. The molecule has 120 valence electrons. The van der Waals surface area contributed by atoms with Crippen molar-refractivity contribution in [2.24, 2.45) is 0 Å². The van der Waals surface area contributed by atoms with Crippen LogP contribution in [0.4, 0.5) is 26.3 Å². The molecule has 0 radical (unpaired) electrons. The summed E-state index contributed by atoms with van der Waals surface area (Å²) >= 11 is -7.88. The van der Waals surface area contributed by atoms with E-state index in [9.17, 15) is 34.8 Å². The lowest BCUT2D eigenvalue weighted by molar-refractivity contribution is -0.0758. The highest BCUT2D eigenvalue weighted by Gasteiger charge is 2.44. The first-order valence-corrected chi connectivity index (χ1v) is 7.03. The molecule has 12 heteroatoms. The van der Waals surface area contributed by atoms with Crippen molar-refractivity contribution < 1.29 is 43.1 Å². The molecule has 1 aromatic rings. The molecule has 0 bridgehead atoms. The maximum Gasteiger partial charge on any atom is 0.497 e. The Balaban J connectivity index is 2.97. The summed E-state index contributed by atoms with van der Waals surface area (Å²) in [6.45, 7) is 0. The van der Waals surface area contributed by atoms with Gasteiger partial charge in [-0.05, 0) is 0 Å². The minimum atomic E-state index is -5.32. The van der Waals surface area contributed by atoms with E-state index < -0.39 is 39.5 Å². The zero-order chi connectivity index (χ0) is 16.3. The fraction of sp³-hybridized carbons (Fsp3) is 0.333. The van der Waals surface area contributed by atoms with Crippen LogP contribution >= 0.6 is 0 Å². The van der Waals surface area contributed by atoms with Crippen LogP contribution in [0, 0.1) is 0 Å². The van der Waals surface area contributed by atoms with Crippen molar-refractivity contribution in [3.05, 3.63) is 35.9 Å². The maximum atomic E-state index is 12.1. The molecule has 0 aliphatic carbocycles. The minimum Gasteiger partial charge on any atom is -0.246 e. The maximum absolute atomic E-state index is 12.1. The van der Waals surface area contributed by atoms with E-state index in [0.717, 1.165) is 12.1 Å². The Morgan fingerprint density at radius 1 is 0.810 bits per heavy atom. The third kappa shape index (κ3) is 5.73. The summed E-state index contributed by atoms with van der Waals surface area (Å²) in [6.07, 6.45) is -2.36. The Kier molecular flexibility index (Phi) is 5.90. The molecule has 2 atom stereocenters. The number of hydrogen-bond acceptors (Lipinski definition) is 4. The van der Waals surface area contributed by atoms with E-state index in [2.05, 4.69) is 8.37 Å². The van der Waals surface area contributed by atoms with E-state index >= 15 is 0 Å². The highest BCUT2D eigenvalue weighted by atomic mass is 32.2. The van der Waals surface area contributed by atoms with Gasteiger partial charge in [-0.25, -0.2) is 16.8 Å². The molecule has 0 spiro atoms. The molecule has 1 rings (SSSR count). The minimum absolute atomic E-state index is 0.312. The number of alkyl halides is 6. The smallest absolute Gasteiger partial charge is 0.246 e. The van der Waals surface area contributed by atoms with E-state index in [1.807, 2.05) is 0 Å². The molecule has 0 heterocycles. The molecule has 0 amide bonds. The van der Waals surface area contributed by atoms with Crippen LogP contribution in [0.5, 0.6) is 0 Å². The fourth-order valence-corrected chi connectivity index (χ4v) is 1.89. The Morgan fingerprint density at radius 2 is 1.19 bits per heavy atom. The van der Waals surface area contributed by atoms with E-state index in [1.165, 1.54) is 18.2 Å². The Morgan fingerprint density at radius 3 is 1.52 bits per heavy atom. The molecular formula is C9H6F6O4S2. The van der Waals surface area contributed by atoms with E-state index in [4.69, 9.17) is 0 Å². The van der Waals surface area contributed by atoms with Crippen molar-refractivity contribution in [1.82, 2.24) is 0 Å². The van der Waals surface area contributed by atoms with Crippen LogP contribution in [0.15, 0.2) is 30.3 Å². The van der Waals surface area contributed by atoms with Gasteiger partial charge in [0.05, 0.1) is 0 Å². The zero-order valence-electron chi connectivity index (χ0n) is 9.68. The largest absolute Gasteiger partial charge is 0.497 e. The second kappa shape index (κ2) is 6.85. The monoisotopic (exact) mass is 356 g/mol. The van der Waals surface area contributed by atoms with Gasteiger partial charge in [0, 0.05) is 5.56 Å². The lowest BCUT2D eigenvalue weighted by Crippen LogP contribution is -2.26. The Hall–Kier alpha value is -0.980. The highest BCUT2D eigenvalue weighted by Crippen LogP contribution is 2.31. The Bertz CT molecular complexity index is 487. The van der Waals surface area contributed by atoms with Crippen LogP contribution in [0.2, 0.25) is 0 Å². The van der Waals surface area contributed by atoms with Crippen molar-refractivity contribution in [2.45, 2.75) is 17.3 Å². The highest BCUT2D eigenvalue weighted by molar-refractivity contribution is 7.81. The average molecular weight is 356 g/mol. The fourth-order valence-electron chi connectivity index (χ4n) is 1.01. The topological polar surface area (TPSA) is 52.6 Å². The van der Waals surface area contributed by atoms with Crippen molar-refractivity contribution in [3.8, 4) is 0 Å². The van der Waals surface area contributed by atoms with Crippen molar-refractivity contribution >= 4 is 22.2 Å². The molecule has 1 aromatic carbocycles. The molecule has 0 aromatic heterocycles. The first-order chi connectivity index (χ1) is 9.51. The molecule has 0 aliphatic rings. The van der Waals surface area contributed by atoms with E-state index in [0.29, 0.717) is 0 Å². The van der Waals surface area contributed by atoms with Crippen LogP contribution in [0.25, 0.3) is 0 Å². The summed E-state index contributed by atoms with van der Waals surface area (Å²) in [5, 5.41) is 0. The van der Waals surface area contributed by atoms with Crippen LogP contribution < -0.4 is 0 Å². The number of benzene rings is 1. The van der Waals surface area contributed by atoms with Gasteiger partial charge in [-0.3, -0.25) is 0 Å². The van der Waals surface area contributed by atoms with Crippen molar-refractivity contribution in [3.63, 3.8) is 0 Å². The third-order valence-corrected chi connectivity index (χ3v) is 3.25. The van der Waals surface area contributed by atoms with Crippen molar-refractivity contribution in [1.29, 1.82) is 0 Å². The summed E-state index contributed by atoms with van der Waals surface area (Å²) in [6, 6.07) is 6.07. The Labute approximate surface area is 119 Å². The van der Waals surface area contributed by atoms with Gasteiger partial charge < -0.3 is 0 Å². The van der Waals surface area contributed by atoms with Gasteiger partial charge in [0.1, 0.15) is 0 Å². The van der Waals surface area contributed by atoms with Gasteiger partial charge in [0.15, 0.2) is 0 Å².